The first-order chi connectivity index (χ1) is 16.6. The van der Waals surface area contributed by atoms with Crippen molar-refractivity contribution >= 4 is 23.2 Å². The molecule has 0 radical (unpaired) electrons. The van der Waals surface area contributed by atoms with Crippen molar-refractivity contribution in [2.24, 2.45) is 0 Å². The Morgan fingerprint density at radius 3 is 2.69 bits per heavy atom. The summed E-state index contributed by atoms with van der Waals surface area (Å²) in [5, 5.41) is 21.8. The number of hydrogen-bond acceptors (Lipinski definition) is 7. The van der Waals surface area contributed by atoms with Gasteiger partial charge in [0.25, 0.3) is 5.91 Å². The smallest absolute Gasteiger partial charge is 0.275 e. The van der Waals surface area contributed by atoms with Crippen molar-refractivity contribution < 1.29 is 23.5 Å². The summed E-state index contributed by atoms with van der Waals surface area (Å²) in [7, 11) is 1.51. The van der Waals surface area contributed by atoms with Crippen LogP contribution < -0.4 is 10.7 Å². The van der Waals surface area contributed by atoms with E-state index in [0.717, 1.165) is 23.5 Å². The number of hydrogen-bond donors (Lipinski definition) is 2. The zero-order valence-corrected chi connectivity index (χ0v) is 20.0. The average Bonchev–Trinajstić information content (AvgIpc) is 3.25. The lowest BCUT2D eigenvalue weighted by atomic mass is 10.0. The van der Waals surface area contributed by atoms with Gasteiger partial charge in [0.15, 0.2) is 16.5 Å². The van der Waals surface area contributed by atoms with E-state index in [2.05, 4.69) is 15.5 Å². The van der Waals surface area contributed by atoms with E-state index in [1.54, 1.807) is 13.8 Å². The van der Waals surface area contributed by atoms with Gasteiger partial charge < -0.3 is 19.9 Å². The Labute approximate surface area is 203 Å². The molecule has 35 heavy (non-hydrogen) atoms. The summed E-state index contributed by atoms with van der Waals surface area (Å²) in [5.41, 5.74) is -0.693. The van der Waals surface area contributed by atoms with Gasteiger partial charge in [0, 0.05) is 44.7 Å². The number of fused-ring (bicyclic) bond motifs is 1. The number of benzene rings is 1. The first-order valence-electron chi connectivity index (χ1n) is 10.9. The van der Waals surface area contributed by atoms with E-state index in [-0.39, 0.29) is 53.2 Å². The molecule has 3 aromatic rings. The summed E-state index contributed by atoms with van der Waals surface area (Å²) >= 11 is 1.02. The van der Waals surface area contributed by atoms with Crippen LogP contribution in [0, 0.1) is 11.6 Å². The van der Waals surface area contributed by atoms with Gasteiger partial charge in [-0.05, 0) is 25.5 Å². The minimum atomic E-state index is -0.784. The molecule has 0 saturated heterocycles. The van der Waals surface area contributed by atoms with Crippen molar-refractivity contribution in [3.8, 4) is 16.3 Å². The highest BCUT2D eigenvalue weighted by Gasteiger charge is 2.38. The zero-order chi connectivity index (χ0) is 25.4. The molecule has 2 amide bonds. The monoisotopic (exact) mass is 503 g/mol. The maximum Gasteiger partial charge on any atom is 0.275 e. The van der Waals surface area contributed by atoms with Crippen LogP contribution in [0.2, 0.25) is 0 Å². The first kappa shape index (κ1) is 24.5. The first-order valence-corrected chi connectivity index (χ1v) is 11.7. The van der Waals surface area contributed by atoms with Crippen LogP contribution in [0.5, 0.6) is 5.75 Å². The molecule has 2 aromatic heterocycles. The Kier molecular flexibility index (Phi) is 6.66. The molecule has 1 aliphatic heterocycles. The number of aromatic nitrogens is 3. The quantitative estimate of drug-likeness (QED) is 0.533. The van der Waals surface area contributed by atoms with Crippen LogP contribution in [0.1, 0.15) is 41.3 Å². The SMILES string of the molecule is CNC(=O)CC1Cn2cc(-c3nnc(Cc4ccc(F)cc4F)s3)c(=O)c(O)c2C(=O)N1C(C)C. The molecule has 1 aliphatic rings. The van der Waals surface area contributed by atoms with Gasteiger partial charge in [-0.3, -0.25) is 14.4 Å². The van der Waals surface area contributed by atoms with E-state index in [1.165, 1.54) is 28.8 Å². The number of pyridine rings is 1. The van der Waals surface area contributed by atoms with Gasteiger partial charge in [-0.15, -0.1) is 10.2 Å². The van der Waals surface area contributed by atoms with E-state index in [9.17, 15) is 28.3 Å². The van der Waals surface area contributed by atoms with Gasteiger partial charge in [-0.1, -0.05) is 17.4 Å². The summed E-state index contributed by atoms with van der Waals surface area (Å²) in [6.07, 6.45) is 1.51. The fraction of sp³-hybridized carbons (Fsp3) is 0.348. The van der Waals surface area contributed by atoms with Gasteiger partial charge in [0.2, 0.25) is 11.3 Å². The molecule has 1 atom stereocenters. The molecule has 4 rings (SSSR count). The maximum absolute atomic E-state index is 14.0. The predicted molar refractivity (Wildman–Crippen MR) is 124 cm³/mol. The average molecular weight is 504 g/mol. The number of aromatic hydroxyl groups is 1. The van der Waals surface area contributed by atoms with Gasteiger partial charge in [-0.2, -0.15) is 0 Å². The van der Waals surface area contributed by atoms with E-state index < -0.39 is 34.8 Å². The summed E-state index contributed by atoms with van der Waals surface area (Å²) in [6, 6.07) is 2.47. The number of rotatable bonds is 6. The molecule has 184 valence electrons. The molecule has 1 aromatic carbocycles. The Balaban J connectivity index is 1.71. The third-order valence-electron chi connectivity index (χ3n) is 5.80. The molecule has 12 heteroatoms. The fourth-order valence-electron chi connectivity index (χ4n) is 4.17. The van der Waals surface area contributed by atoms with Crippen LogP contribution >= 0.6 is 11.3 Å². The molecular formula is C23H23F2N5O4S. The van der Waals surface area contributed by atoms with E-state index in [1.807, 2.05) is 0 Å². The molecule has 9 nitrogen and oxygen atoms in total. The minimum absolute atomic E-state index is 0.0269. The number of carbonyl (C=O) groups excluding carboxylic acids is 2. The highest BCUT2D eigenvalue weighted by Crippen LogP contribution is 2.30. The standard InChI is InChI=1S/C23H23F2N5O4S/c1-11(2)30-14(8-17(31)26-3)9-29-10-15(20(32)21(33)19(29)23(30)34)22-28-27-18(35-22)6-12-4-5-13(24)7-16(12)25/h4-5,7,10-11,14,33H,6,8-9H2,1-3H3,(H,26,31). The third kappa shape index (κ3) is 4.65. The summed E-state index contributed by atoms with van der Waals surface area (Å²) < 4.78 is 28.6. The number of halogens is 2. The third-order valence-corrected chi connectivity index (χ3v) is 6.76. The van der Waals surface area contributed by atoms with Crippen molar-refractivity contribution in [2.75, 3.05) is 7.05 Å². The zero-order valence-electron chi connectivity index (χ0n) is 19.2. The molecule has 0 saturated carbocycles. The van der Waals surface area contributed by atoms with Crippen LogP contribution in [0.25, 0.3) is 10.6 Å². The van der Waals surface area contributed by atoms with Crippen LogP contribution in [0.4, 0.5) is 8.78 Å². The van der Waals surface area contributed by atoms with Gasteiger partial charge in [0.05, 0.1) is 11.6 Å². The second-order valence-electron chi connectivity index (χ2n) is 8.47. The molecule has 2 N–H and O–H groups in total. The Hall–Kier alpha value is -3.67. The number of nitrogens with zero attached hydrogens (tertiary/aromatic N) is 4. The summed E-state index contributed by atoms with van der Waals surface area (Å²) in [6.45, 7) is 3.77. The molecule has 0 bridgehead atoms. The second-order valence-corrected chi connectivity index (χ2v) is 9.53. The number of nitrogens with one attached hydrogen (secondary N) is 1. The highest BCUT2D eigenvalue weighted by atomic mass is 32.1. The Bertz CT molecular complexity index is 1370. The fourth-order valence-corrected chi connectivity index (χ4v) is 5.04. The predicted octanol–water partition coefficient (Wildman–Crippen LogP) is 2.31. The van der Waals surface area contributed by atoms with Crippen molar-refractivity contribution in [1.82, 2.24) is 25.0 Å². The van der Waals surface area contributed by atoms with E-state index in [0.29, 0.717) is 5.01 Å². The summed E-state index contributed by atoms with van der Waals surface area (Å²) in [5.74, 6) is -2.92. The topological polar surface area (TPSA) is 117 Å². The largest absolute Gasteiger partial charge is 0.503 e. The lowest BCUT2D eigenvalue weighted by molar-refractivity contribution is -0.121. The van der Waals surface area contributed by atoms with Crippen molar-refractivity contribution in [2.45, 2.75) is 45.3 Å². The van der Waals surface area contributed by atoms with Crippen molar-refractivity contribution in [3.63, 3.8) is 0 Å². The molecule has 0 aliphatic carbocycles. The molecule has 0 spiro atoms. The van der Waals surface area contributed by atoms with Crippen molar-refractivity contribution in [1.29, 1.82) is 0 Å². The van der Waals surface area contributed by atoms with Crippen LogP contribution in [-0.2, 0) is 17.8 Å². The Morgan fingerprint density at radius 1 is 1.29 bits per heavy atom. The highest BCUT2D eigenvalue weighted by molar-refractivity contribution is 7.14. The number of carbonyl (C=O) groups is 2. The normalized spacial score (nSPS) is 15.4. The lowest BCUT2D eigenvalue weighted by Crippen LogP contribution is -2.53. The Morgan fingerprint density at radius 2 is 2.03 bits per heavy atom. The molecular weight excluding hydrogens is 480 g/mol. The number of amides is 2. The second kappa shape index (κ2) is 9.53. The molecule has 3 heterocycles. The van der Waals surface area contributed by atoms with Crippen molar-refractivity contribution in [3.05, 3.63) is 62.5 Å². The molecule has 0 fully saturated rings. The van der Waals surface area contributed by atoms with E-state index in [4.69, 9.17) is 0 Å². The van der Waals surface area contributed by atoms with Gasteiger partial charge >= 0.3 is 0 Å². The summed E-state index contributed by atoms with van der Waals surface area (Å²) in [4.78, 5) is 39.7. The van der Waals surface area contributed by atoms with Crippen LogP contribution in [0.15, 0.2) is 29.2 Å². The van der Waals surface area contributed by atoms with Crippen LogP contribution in [0.3, 0.4) is 0 Å². The minimum Gasteiger partial charge on any atom is -0.503 e. The molecule has 1 unspecified atom stereocenters. The lowest BCUT2D eigenvalue weighted by Gasteiger charge is -2.40. The van der Waals surface area contributed by atoms with Crippen LogP contribution in [-0.4, -0.2) is 55.7 Å². The van der Waals surface area contributed by atoms with Gasteiger partial charge in [-0.25, -0.2) is 8.78 Å². The van der Waals surface area contributed by atoms with E-state index >= 15 is 0 Å². The maximum atomic E-state index is 14.0. The van der Waals surface area contributed by atoms with Gasteiger partial charge in [0.1, 0.15) is 16.6 Å².